The smallest absolute Gasteiger partial charge is 0.243 e. The molecule has 0 radical (unpaired) electrons. The summed E-state index contributed by atoms with van der Waals surface area (Å²) in [5.41, 5.74) is 1.56. The topological polar surface area (TPSA) is 84.9 Å². The average Bonchev–Trinajstić information content (AvgIpc) is 3.29. The number of sulfonamides is 1. The summed E-state index contributed by atoms with van der Waals surface area (Å²) in [6, 6.07) is 12.7. The van der Waals surface area contributed by atoms with E-state index in [2.05, 4.69) is 10.2 Å². The van der Waals surface area contributed by atoms with Gasteiger partial charge in [0.25, 0.3) is 0 Å². The van der Waals surface area contributed by atoms with Gasteiger partial charge < -0.3 is 14.4 Å². The van der Waals surface area contributed by atoms with Gasteiger partial charge in [-0.25, -0.2) is 12.8 Å². The van der Waals surface area contributed by atoms with Crippen molar-refractivity contribution in [3.63, 3.8) is 0 Å². The van der Waals surface area contributed by atoms with E-state index in [1.165, 1.54) is 10.4 Å². The highest BCUT2D eigenvalue weighted by Gasteiger charge is 2.29. The van der Waals surface area contributed by atoms with Crippen LogP contribution in [0.25, 0.3) is 11.3 Å². The summed E-state index contributed by atoms with van der Waals surface area (Å²) in [7, 11) is -3.76. The molecule has 5 rings (SSSR count). The first-order valence-electron chi connectivity index (χ1n) is 9.86. The van der Waals surface area contributed by atoms with Crippen LogP contribution in [0.4, 0.5) is 10.2 Å². The van der Waals surface area contributed by atoms with E-state index in [0.29, 0.717) is 36.1 Å². The molecule has 3 aromatic rings. The zero-order valence-corrected chi connectivity index (χ0v) is 18.3. The molecule has 0 bridgehead atoms. The fraction of sp³-hybridized carbons (Fsp3) is 0.238. The number of fused-ring (bicyclic) bond motifs is 1. The number of piperazine rings is 1. The number of rotatable bonds is 4. The van der Waals surface area contributed by atoms with Gasteiger partial charge in [-0.1, -0.05) is 11.6 Å². The van der Waals surface area contributed by atoms with Crippen molar-refractivity contribution < 1.29 is 22.3 Å². The number of hydrogen-bond donors (Lipinski definition) is 0. The fourth-order valence-corrected chi connectivity index (χ4v) is 5.34. The third-order valence-electron chi connectivity index (χ3n) is 5.41. The standard InChI is InChI=1S/C21H18ClFN4O4S/c22-16-12-15(2-3-17(16)23)32(28,29)27-9-7-26(8-10-27)21-6-4-18(24-25-21)14-1-5-19-20(11-14)31-13-30-19/h1-6,11-12H,7-10,13H2. The van der Waals surface area contributed by atoms with Crippen LogP contribution in [0.1, 0.15) is 0 Å². The molecule has 0 saturated carbocycles. The van der Waals surface area contributed by atoms with E-state index in [-0.39, 0.29) is 29.8 Å². The summed E-state index contributed by atoms with van der Waals surface area (Å²) >= 11 is 5.75. The number of nitrogens with zero attached hydrogens (tertiary/aromatic N) is 4. The summed E-state index contributed by atoms with van der Waals surface area (Å²) in [5.74, 6) is 1.39. The number of anilines is 1. The molecule has 3 heterocycles. The van der Waals surface area contributed by atoms with Crippen molar-refractivity contribution in [3.05, 3.63) is 59.4 Å². The number of ether oxygens (including phenoxy) is 2. The first-order chi connectivity index (χ1) is 15.4. The third kappa shape index (κ3) is 3.85. The first kappa shape index (κ1) is 20.9. The van der Waals surface area contributed by atoms with Crippen LogP contribution in [0.2, 0.25) is 5.02 Å². The van der Waals surface area contributed by atoms with Crippen LogP contribution in [0.15, 0.2) is 53.4 Å². The molecule has 1 fully saturated rings. The molecule has 0 unspecified atom stereocenters. The highest BCUT2D eigenvalue weighted by molar-refractivity contribution is 7.89. The van der Waals surface area contributed by atoms with Gasteiger partial charge in [-0.15, -0.1) is 10.2 Å². The fourth-order valence-electron chi connectivity index (χ4n) is 3.65. The molecule has 0 amide bonds. The van der Waals surface area contributed by atoms with Crippen molar-refractivity contribution in [1.82, 2.24) is 14.5 Å². The Morgan fingerprint density at radius 1 is 0.906 bits per heavy atom. The minimum absolute atomic E-state index is 0.0229. The van der Waals surface area contributed by atoms with Gasteiger partial charge in [0, 0.05) is 31.7 Å². The van der Waals surface area contributed by atoms with Gasteiger partial charge in [0.2, 0.25) is 16.8 Å². The number of halogens is 2. The van der Waals surface area contributed by atoms with Crippen LogP contribution in [0.3, 0.4) is 0 Å². The summed E-state index contributed by atoms with van der Waals surface area (Å²) in [6.07, 6.45) is 0. The van der Waals surface area contributed by atoms with E-state index >= 15 is 0 Å². The van der Waals surface area contributed by atoms with Crippen LogP contribution >= 0.6 is 11.6 Å². The van der Waals surface area contributed by atoms with E-state index in [9.17, 15) is 12.8 Å². The molecule has 1 saturated heterocycles. The molecular formula is C21H18ClFN4O4S. The van der Waals surface area contributed by atoms with Gasteiger partial charge in [0.1, 0.15) is 5.82 Å². The van der Waals surface area contributed by atoms with Gasteiger partial charge in [-0.05, 0) is 48.5 Å². The monoisotopic (exact) mass is 476 g/mol. The Hall–Kier alpha value is -2.95. The van der Waals surface area contributed by atoms with Crippen molar-refractivity contribution in [2.75, 3.05) is 37.9 Å². The molecule has 1 aromatic heterocycles. The largest absolute Gasteiger partial charge is 0.454 e. The maximum absolute atomic E-state index is 13.4. The lowest BCUT2D eigenvalue weighted by atomic mass is 10.1. The summed E-state index contributed by atoms with van der Waals surface area (Å²) in [4.78, 5) is 1.95. The van der Waals surface area contributed by atoms with Crippen LogP contribution in [0, 0.1) is 5.82 Å². The van der Waals surface area contributed by atoms with Crippen LogP contribution < -0.4 is 14.4 Å². The van der Waals surface area contributed by atoms with E-state index in [4.69, 9.17) is 21.1 Å². The second-order valence-electron chi connectivity index (χ2n) is 7.31. The number of benzene rings is 2. The van der Waals surface area contributed by atoms with E-state index in [1.807, 2.05) is 35.2 Å². The van der Waals surface area contributed by atoms with Gasteiger partial charge in [0.15, 0.2) is 17.3 Å². The maximum Gasteiger partial charge on any atom is 0.243 e. The predicted octanol–water partition coefficient (Wildman–Crippen LogP) is 3.18. The van der Waals surface area contributed by atoms with E-state index in [0.717, 1.165) is 17.7 Å². The first-order valence-corrected chi connectivity index (χ1v) is 11.7. The minimum atomic E-state index is -3.76. The van der Waals surface area contributed by atoms with Crippen molar-refractivity contribution in [2.24, 2.45) is 0 Å². The molecule has 0 spiro atoms. The van der Waals surface area contributed by atoms with Crippen molar-refractivity contribution in [3.8, 4) is 22.8 Å². The molecule has 8 nitrogen and oxygen atoms in total. The summed E-state index contributed by atoms with van der Waals surface area (Å²) < 4.78 is 51.2. The Morgan fingerprint density at radius 2 is 1.69 bits per heavy atom. The van der Waals surface area contributed by atoms with Crippen LogP contribution in [-0.4, -0.2) is 55.9 Å². The Balaban J connectivity index is 1.26. The number of aromatic nitrogens is 2. The van der Waals surface area contributed by atoms with Crippen LogP contribution in [-0.2, 0) is 10.0 Å². The van der Waals surface area contributed by atoms with Gasteiger partial charge in [-0.3, -0.25) is 0 Å². The Labute approximate surface area is 189 Å². The summed E-state index contributed by atoms with van der Waals surface area (Å²) in [5, 5.41) is 8.41. The maximum atomic E-state index is 13.4. The normalized spacial score (nSPS) is 16.4. The zero-order chi connectivity index (χ0) is 22.3. The van der Waals surface area contributed by atoms with Gasteiger partial charge >= 0.3 is 0 Å². The lowest BCUT2D eigenvalue weighted by molar-refractivity contribution is 0.174. The SMILES string of the molecule is O=S(=O)(c1ccc(F)c(Cl)c1)N1CCN(c2ccc(-c3ccc4c(c3)OCO4)nn2)CC1. The average molecular weight is 477 g/mol. The Bertz CT molecular complexity index is 1270. The second-order valence-corrected chi connectivity index (χ2v) is 9.66. The predicted molar refractivity (Wildman–Crippen MR) is 116 cm³/mol. The molecule has 0 N–H and O–H groups in total. The Kier molecular flexibility index (Phi) is 5.36. The van der Waals surface area contributed by atoms with E-state index < -0.39 is 15.8 Å². The third-order valence-corrected chi connectivity index (χ3v) is 7.59. The molecule has 11 heteroatoms. The second kappa shape index (κ2) is 8.19. The van der Waals surface area contributed by atoms with Gasteiger partial charge in [-0.2, -0.15) is 4.31 Å². The Morgan fingerprint density at radius 3 is 2.41 bits per heavy atom. The molecule has 2 aliphatic rings. The molecule has 2 aliphatic heterocycles. The van der Waals surface area contributed by atoms with E-state index in [1.54, 1.807) is 0 Å². The molecule has 2 aromatic carbocycles. The van der Waals surface area contributed by atoms with Crippen molar-refractivity contribution in [2.45, 2.75) is 4.90 Å². The highest BCUT2D eigenvalue weighted by atomic mass is 35.5. The number of hydrogen-bond acceptors (Lipinski definition) is 7. The van der Waals surface area contributed by atoms with Gasteiger partial charge in [0.05, 0.1) is 15.6 Å². The van der Waals surface area contributed by atoms with Crippen molar-refractivity contribution >= 4 is 27.4 Å². The minimum Gasteiger partial charge on any atom is -0.454 e. The summed E-state index contributed by atoms with van der Waals surface area (Å²) in [6.45, 7) is 1.64. The zero-order valence-electron chi connectivity index (χ0n) is 16.7. The molecule has 0 aliphatic carbocycles. The quantitative estimate of drug-likeness (QED) is 0.571. The lowest BCUT2D eigenvalue weighted by Crippen LogP contribution is -2.49. The molecule has 32 heavy (non-hydrogen) atoms. The highest BCUT2D eigenvalue weighted by Crippen LogP contribution is 2.35. The molecule has 0 atom stereocenters. The van der Waals surface area contributed by atoms with Crippen molar-refractivity contribution in [1.29, 1.82) is 0 Å². The molecular weight excluding hydrogens is 459 g/mol. The molecule has 166 valence electrons. The lowest BCUT2D eigenvalue weighted by Gasteiger charge is -2.34. The van der Waals surface area contributed by atoms with Crippen LogP contribution in [0.5, 0.6) is 11.5 Å².